The molecule has 2 aromatic rings. The highest BCUT2D eigenvalue weighted by Crippen LogP contribution is 2.39. The molecule has 0 aromatic carbocycles. The lowest BCUT2D eigenvalue weighted by atomic mass is 10.0. The lowest BCUT2D eigenvalue weighted by molar-refractivity contribution is 0.691. The van der Waals surface area contributed by atoms with Gasteiger partial charge in [0.15, 0.2) is 5.82 Å². The van der Waals surface area contributed by atoms with Gasteiger partial charge < -0.3 is 5.32 Å². The maximum atomic E-state index is 4.80. The lowest BCUT2D eigenvalue weighted by Crippen LogP contribution is -2.06. The molecule has 2 aromatic heterocycles. The molecule has 0 saturated heterocycles. The normalized spacial score (nSPS) is 15.8. The number of aryl methyl sites for hydroxylation is 1. The third-order valence-electron chi connectivity index (χ3n) is 3.82. The first-order chi connectivity index (χ1) is 9.69. The molecule has 106 valence electrons. The molecule has 5 nitrogen and oxygen atoms in total. The second-order valence-corrected chi connectivity index (χ2v) is 6.02. The number of nitrogens with zero attached hydrogens (tertiary/aromatic N) is 4. The van der Waals surface area contributed by atoms with Gasteiger partial charge in [-0.1, -0.05) is 12.8 Å². The van der Waals surface area contributed by atoms with Gasteiger partial charge in [-0.05, 0) is 28.8 Å². The molecular formula is C14H18BrN5. The molecule has 0 aliphatic heterocycles. The van der Waals surface area contributed by atoms with E-state index < -0.39 is 0 Å². The van der Waals surface area contributed by atoms with E-state index in [1.807, 2.05) is 20.3 Å². The largest absolute Gasteiger partial charge is 0.372 e. The Morgan fingerprint density at radius 3 is 2.65 bits per heavy atom. The van der Waals surface area contributed by atoms with Gasteiger partial charge in [0.25, 0.3) is 0 Å². The summed E-state index contributed by atoms with van der Waals surface area (Å²) in [6.07, 6.45) is 8.76. The van der Waals surface area contributed by atoms with Crippen LogP contribution in [0.5, 0.6) is 0 Å². The van der Waals surface area contributed by atoms with Crippen LogP contribution < -0.4 is 5.32 Å². The number of nitrogens with one attached hydrogen (secondary N) is 1. The predicted molar refractivity (Wildman–Crippen MR) is 82.7 cm³/mol. The maximum absolute atomic E-state index is 4.80. The summed E-state index contributed by atoms with van der Waals surface area (Å²) >= 11 is 3.66. The highest BCUT2D eigenvalue weighted by atomic mass is 79.9. The molecular weight excluding hydrogens is 318 g/mol. The predicted octanol–water partition coefficient (Wildman–Crippen LogP) is 3.34. The zero-order chi connectivity index (χ0) is 14.1. The Labute approximate surface area is 127 Å². The van der Waals surface area contributed by atoms with Gasteiger partial charge in [-0.2, -0.15) is 5.10 Å². The fourth-order valence-corrected chi connectivity index (χ4v) is 3.46. The third-order valence-corrected chi connectivity index (χ3v) is 4.60. The van der Waals surface area contributed by atoms with Gasteiger partial charge in [-0.25, -0.2) is 9.97 Å². The highest BCUT2D eigenvalue weighted by molar-refractivity contribution is 9.10. The van der Waals surface area contributed by atoms with E-state index in [1.165, 1.54) is 25.7 Å². The van der Waals surface area contributed by atoms with Crippen molar-refractivity contribution in [3.05, 3.63) is 22.6 Å². The minimum absolute atomic E-state index is 0.537. The molecule has 1 aliphatic rings. The molecule has 6 heteroatoms. The molecule has 3 rings (SSSR count). The van der Waals surface area contributed by atoms with E-state index in [2.05, 4.69) is 31.3 Å². The number of aromatic nitrogens is 4. The van der Waals surface area contributed by atoms with Crippen molar-refractivity contribution in [2.24, 2.45) is 7.05 Å². The van der Waals surface area contributed by atoms with Crippen molar-refractivity contribution in [1.29, 1.82) is 0 Å². The first-order valence-electron chi connectivity index (χ1n) is 6.93. The summed E-state index contributed by atoms with van der Waals surface area (Å²) in [5.41, 5.74) is 2.08. The van der Waals surface area contributed by atoms with Crippen molar-refractivity contribution < 1.29 is 0 Å². The van der Waals surface area contributed by atoms with Gasteiger partial charge in [-0.15, -0.1) is 0 Å². The SMILES string of the molecule is CNc1nc(-c2cnn(C)c2)nc(C2CCCC2)c1Br. The van der Waals surface area contributed by atoms with Crippen LogP contribution in [0.4, 0.5) is 5.82 Å². The molecule has 0 spiro atoms. The van der Waals surface area contributed by atoms with Crippen LogP contribution >= 0.6 is 15.9 Å². The fraction of sp³-hybridized carbons (Fsp3) is 0.500. The topological polar surface area (TPSA) is 55.6 Å². The Balaban J connectivity index is 2.09. The minimum Gasteiger partial charge on any atom is -0.372 e. The lowest BCUT2D eigenvalue weighted by Gasteiger charge is -2.14. The first-order valence-corrected chi connectivity index (χ1v) is 7.72. The van der Waals surface area contributed by atoms with Crippen LogP contribution in [0.3, 0.4) is 0 Å². The third kappa shape index (κ3) is 2.44. The Morgan fingerprint density at radius 1 is 1.30 bits per heavy atom. The molecule has 0 unspecified atom stereocenters. The molecule has 0 bridgehead atoms. The van der Waals surface area contributed by atoms with E-state index in [4.69, 9.17) is 4.98 Å². The summed E-state index contributed by atoms with van der Waals surface area (Å²) in [5.74, 6) is 2.13. The molecule has 0 amide bonds. The average Bonchev–Trinajstić information content (AvgIpc) is 3.10. The van der Waals surface area contributed by atoms with Crippen LogP contribution in [0, 0.1) is 0 Å². The highest BCUT2D eigenvalue weighted by Gasteiger charge is 2.24. The second kappa shape index (κ2) is 5.52. The first kappa shape index (κ1) is 13.5. The maximum Gasteiger partial charge on any atom is 0.165 e. The summed E-state index contributed by atoms with van der Waals surface area (Å²) in [4.78, 5) is 9.38. The van der Waals surface area contributed by atoms with E-state index in [9.17, 15) is 0 Å². The van der Waals surface area contributed by atoms with Crippen LogP contribution in [0.2, 0.25) is 0 Å². The van der Waals surface area contributed by atoms with Crippen molar-refractivity contribution in [3.63, 3.8) is 0 Å². The molecule has 0 atom stereocenters. The van der Waals surface area contributed by atoms with Crippen molar-refractivity contribution in [2.45, 2.75) is 31.6 Å². The molecule has 1 saturated carbocycles. The number of hydrogen-bond donors (Lipinski definition) is 1. The summed E-state index contributed by atoms with van der Waals surface area (Å²) in [7, 11) is 3.79. The standard InChI is InChI=1S/C14H18BrN5/c1-16-14-11(15)12(9-5-3-4-6-9)18-13(19-14)10-7-17-20(2)8-10/h7-9H,3-6H2,1-2H3,(H,16,18,19). The van der Waals surface area contributed by atoms with Crippen molar-refractivity contribution in [3.8, 4) is 11.4 Å². The number of hydrogen-bond acceptors (Lipinski definition) is 4. The van der Waals surface area contributed by atoms with E-state index in [0.29, 0.717) is 5.92 Å². The number of anilines is 1. The summed E-state index contributed by atoms with van der Waals surface area (Å²) < 4.78 is 2.77. The van der Waals surface area contributed by atoms with E-state index in [0.717, 1.165) is 27.4 Å². The van der Waals surface area contributed by atoms with Crippen molar-refractivity contribution >= 4 is 21.7 Å². The summed E-state index contributed by atoms with van der Waals surface area (Å²) in [6.45, 7) is 0. The number of rotatable bonds is 3. The Bertz CT molecular complexity index is 616. The van der Waals surface area contributed by atoms with Crippen LogP contribution in [0.15, 0.2) is 16.9 Å². The quantitative estimate of drug-likeness (QED) is 0.934. The van der Waals surface area contributed by atoms with Crippen LogP contribution in [0.25, 0.3) is 11.4 Å². The van der Waals surface area contributed by atoms with Crippen LogP contribution in [-0.2, 0) is 7.05 Å². The Hall–Kier alpha value is -1.43. The Morgan fingerprint density at radius 2 is 2.05 bits per heavy atom. The minimum atomic E-state index is 0.537. The van der Waals surface area contributed by atoms with Gasteiger partial charge in [-0.3, -0.25) is 4.68 Å². The van der Waals surface area contributed by atoms with E-state index in [1.54, 1.807) is 10.9 Å². The second-order valence-electron chi connectivity index (χ2n) is 5.23. The summed E-state index contributed by atoms with van der Waals surface area (Å²) in [6, 6.07) is 0. The van der Waals surface area contributed by atoms with Gasteiger partial charge >= 0.3 is 0 Å². The molecule has 1 N–H and O–H groups in total. The van der Waals surface area contributed by atoms with Gasteiger partial charge in [0.2, 0.25) is 0 Å². The number of halogens is 1. The van der Waals surface area contributed by atoms with Gasteiger partial charge in [0.1, 0.15) is 5.82 Å². The molecule has 1 aliphatic carbocycles. The molecule has 20 heavy (non-hydrogen) atoms. The zero-order valence-corrected chi connectivity index (χ0v) is 13.3. The summed E-state index contributed by atoms with van der Waals surface area (Å²) in [5, 5.41) is 7.35. The van der Waals surface area contributed by atoms with Crippen molar-refractivity contribution in [2.75, 3.05) is 12.4 Å². The molecule has 1 fully saturated rings. The monoisotopic (exact) mass is 335 g/mol. The van der Waals surface area contributed by atoms with E-state index >= 15 is 0 Å². The zero-order valence-electron chi connectivity index (χ0n) is 11.7. The Kier molecular flexibility index (Phi) is 3.74. The van der Waals surface area contributed by atoms with Crippen LogP contribution in [0.1, 0.15) is 37.3 Å². The van der Waals surface area contributed by atoms with Crippen molar-refractivity contribution in [1.82, 2.24) is 19.7 Å². The smallest absolute Gasteiger partial charge is 0.165 e. The average molecular weight is 336 g/mol. The molecule has 0 radical (unpaired) electrons. The van der Waals surface area contributed by atoms with E-state index in [-0.39, 0.29) is 0 Å². The molecule has 2 heterocycles. The fourth-order valence-electron chi connectivity index (χ4n) is 2.77. The van der Waals surface area contributed by atoms with Crippen LogP contribution in [-0.4, -0.2) is 26.8 Å². The van der Waals surface area contributed by atoms with Gasteiger partial charge in [0, 0.05) is 26.2 Å². The van der Waals surface area contributed by atoms with Gasteiger partial charge in [0.05, 0.1) is 21.9 Å².